The zero-order chi connectivity index (χ0) is 5.11. The van der Waals surface area contributed by atoms with Crippen molar-refractivity contribution in [3.05, 3.63) is 35.8 Å². The van der Waals surface area contributed by atoms with Gasteiger partial charge in [-0.05, 0) is 0 Å². The molecule has 0 bridgehead atoms. The second kappa shape index (κ2) is 6.93. The topological polar surface area (TPSA) is 26.9 Å². The van der Waals surface area contributed by atoms with Gasteiger partial charge in [0.25, 0.3) is 0 Å². The molecule has 0 atom stereocenters. The van der Waals surface area contributed by atoms with Crippen molar-refractivity contribution in [3.8, 4) is 0 Å². The van der Waals surface area contributed by atoms with E-state index in [4.69, 9.17) is 0 Å². The maximum Gasteiger partial charge on any atom is 0.180 e. The van der Waals surface area contributed by atoms with Gasteiger partial charge in [-0.15, -0.1) is 0 Å². The van der Waals surface area contributed by atoms with Crippen molar-refractivity contribution in [2.24, 2.45) is 0 Å². The van der Waals surface area contributed by atoms with E-state index in [2.05, 4.69) is 0 Å². The summed E-state index contributed by atoms with van der Waals surface area (Å²) in [5.74, 6) is 0. The molecule has 0 spiro atoms. The molecule has 1 heterocycles. The van der Waals surface area contributed by atoms with E-state index in [0.29, 0.717) is 0 Å². The number of rotatable bonds is 0. The summed E-state index contributed by atoms with van der Waals surface area (Å²) < 4.78 is 0.750. The summed E-state index contributed by atoms with van der Waals surface area (Å²) in [5, 5.41) is 10.2. The Balaban J connectivity index is 0. The van der Waals surface area contributed by atoms with Gasteiger partial charge in [-0.1, -0.05) is 6.07 Å². The first-order valence-corrected chi connectivity index (χ1v) is 2.03. The number of hydrogen-bond acceptors (Lipinski definition) is 1. The predicted molar refractivity (Wildman–Crippen MR) is 25.4 cm³/mol. The predicted octanol–water partition coefficient (Wildman–Crippen LogP) is 0.315. The average Bonchev–Trinajstić information content (AvgIpc) is 1.69. The Morgan fingerprint density at radius 1 is 0.889 bits per heavy atom. The Kier molecular flexibility index (Phi) is 9.62. The molecule has 0 radical (unpaired) electrons. The van der Waals surface area contributed by atoms with Gasteiger partial charge in [-0.2, -0.15) is 4.73 Å². The van der Waals surface area contributed by atoms with E-state index in [1.54, 1.807) is 18.2 Å². The van der Waals surface area contributed by atoms with Crippen LogP contribution in [-0.4, -0.2) is 0 Å². The summed E-state index contributed by atoms with van der Waals surface area (Å²) in [4.78, 5) is 0. The molecule has 0 unspecified atom stereocenters. The summed E-state index contributed by atoms with van der Waals surface area (Å²) in [5.41, 5.74) is 0. The Bertz CT molecular complexity index is 145. The molecule has 9 heavy (non-hydrogen) atoms. The summed E-state index contributed by atoms with van der Waals surface area (Å²) >= 11 is 0. The quantitative estimate of drug-likeness (QED) is 0.289. The molecule has 1 rings (SSSR count). The van der Waals surface area contributed by atoms with Gasteiger partial charge >= 0.3 is 0 Å². The summed E-state index contributed by atoms with van der Waals surface area (Å²) in [6.07, 6.45) is 2.89. The molecule has 0 fully saturated rings. The van der Waals surface area contributed by atoms with E-state index in [1.165, 1.54) is 12.4 Å². The van der Waals surface area contributed by atoms with Gasteiger partial charge in [0.05, 0.1) is 0 Å². The SMILES string of the molecule is [Hg].[Hg].[O-][n+]1ccccc1. The van der Waals surface area contributed by atoms with E-state index in [0.717, 1.165) is 4.73 Å². The Labute approximate surface area is 94.9 Å². The van der Waals surface area contributed by atoms with Crippen molar-refractivity contribution in [3.63, 3.8) is 0 Å². The fourth-order valence-electron chi connectivity index (χ4n) is 0.383. The largest absolute Gasteiger partial charge is 0.619 e. The standard InChI is InChI=1S/C5H5NO.2Hg/c7-6-4-2-1-3-5-6;;/h1-5H;;. The van der Waals surface area contributed by atoms with Gasteiger partial charge in [-0.3, -0.25) is 0 Å². The molecule has 4 heteroatoms. The monoisotopic (exact) mass is 499 g/mol. The molecule has 0 amide bonds. The molecule has 0 saturated heterocycles. The van der Waals surface area contributed by atoms with Gasteiger partial charge in [0, 0.05) is 67.5 Å². The normalized spacial score (nSPS) is 6.67. The summed E-state index contributed by atoms with van der Waals surface area (Å²) in [6.45, 7) is 0. The van der Waals surface area contributed by atoms with Crippen LogP contribution in [-0.2, 0) is 55.3 Å². The molecule has 0 aromatic carbocycles. The minimum atomic E-state index is 0. The summed E-state index contributed by atoms with van der Waals surface area (Å²) in [6, 6.07) is 5.18. The first-order chi connectivity index (χ1) is 3.39. The Hall–Kier alpha value is 0.820. The maximum absolute atomic E-state index is 10.2. The molecule has 0 aliphatic rings. The van der Waals surface area contributed by atoms with Crippen molar-refractivity contribution in [1.82, 2.24) is 0 Å². The molecule has 0 saturated carbocycles. The molecular weight excluding hydrogens is 491 g/mol. The van der Waals surface area contributed by atoms with Gasteiger partial charge < -0.3 is 5.21 Å². The third-order valence-corrected chi connectivity index (χ3v) is 0.688. The van der Waals surface area contributed by atoms with Crippen LogP contribution in [0.3, 0.4) is 0 Å². The number of aromatic nitrogens is 1. The fourth-order valence-corrected chi connectivity index (χ4v) is 0.383. The van der Waals surface area contributed by atoms with Crippen molar-refractivity contribution >= 4 is 0 Å². The molecule has 0 aliphatic carbocycles. The van der Waals surface area contributed by atoms with Crippen molar-refractivity contribution in [1.29, 1.82) is 0 Å². The van der Waals surface area contributed by atoms with E-state index < -0.39 is 0 Å². The van der Waals surface area contributed by atoms with Crippen LogP contribution in [0.4, 0.5) is 0 Å². The van der Waals surface area contributed by atoms with E-state index in [-0.39, 0.29) is 55.3 Å². The number of pyridine rings is 1. The number of hydrogen-bond donors (Lipinski definition) is 0. The first-order valence-electron chi connectivity index (χ1n) is 2.03. The van der Waals surface area contributed by atoms with E-state index in [1.807, 2.05) is 0 Å². The van der Waals surface area contributed by atoms with Gasteiger partial charge in [0.1, 0.15) is 0 Å². The second-order valence-corrected chi connectivity index (χ2v) is 1.24. The maximum atomic E-state index is 10.2. The van der Waals surface area contributed by atoms with Crippen LogP contribution in [0.2, 0.25) is 0 Å². The summed E-state index contributed by atoms with van der Waals surface area (Å²) in [7, 11) is 0. The molecule has 2 nitrogen and oxygen atoms in total. The van der Waals surface area contributed by atoms with Crippen molar-refractivity contribution < 1.29 is 60.1 Å². The molecule has 1 aromatic heterocycles. The zero-order valence-corrected chi connectivity index (χ0v) is 16.2. The molecule has 1 aromatic rings. The van der Waals surface area contributed by atoms with E-state index >= 15 is 0 Å². The van der Waals surface area contributed by atoms with Gasteiger partial charge in [0.2, 0.25) is 0 Å². The molecule has 40 valence electrons. The molecule has 0 aliphatic heterocycles. The van der Waals surface area contributed by atoms with Crippen LogP contribution in [0.15, 0.2) is 30.6 Å². The van der Waals surface area contributed by atoms with Gasteiger partial charge in [-0.25, -0.2) is 0 Å². The van der Waals surface area contributed by atoms with Crippen molar-refractivity contribution in [2.75, 3.05) is 0 Å². The molecular formula is C5H5Hg2NO. The number of nitrogens with zero attached hydrogens (tertiary/aromatic N) is 1. The Morgan fingerprint density at radius 3 is 1.56 bits per heavy atom. The minimum Gasteiger partial charge on any atom is -0.619 e. The third kappa shape index (κ3) is 5.27. The fraction of sp³-hybridized carbons (Fsp3) is 0. The van der Waals surface area contributed by atoms with Gasteiger partial charge in [0.15, 0.2) is 12.4 Å². The van der Waals surface area contributed by atoms with Crippen LogP contribution >= 0.6 is 0 Å². The van der Waals surface area contributed by atoms with Crippen LogP contribution < -0.4 is 4.73 Å². The first kappa shape index (κ1) is 12.5. The minimum absolute atomic E-state index is 0. The molecule has 0 N–H and O–H groups in total. The van der Waals surface area contributed by atoms with Crippen LogP contribution in [0.5, 0.6) is 0 Å². The third-order valence-electron chi connectivity index (χ3n) is 0.688. The average molecular weight is 496 g/mol. The smallest absolute Gasteiger partial charge is 0.180 e. The van der Waals surface area contributed by atoms with Crippen LogP contribution in [0.25, 0.3) is 0 Å². The Morgan fingerprint density at radius 2 is 1.33 bits per heavy atom. The second-order valence-electron chi connectivity index (χ2n) is 1.24. The zero-order valence-electron chi connectivity index (χ0n) is 5.16. The van der Waals surface area contributed by atoms with Crippen LogP contribution in [0, 0.1) is 5.21 Å². The van der Waals surface area contributed by atoms with Crippen molar-refractivity contribution in [2.45, 2.75) is 0 Å². The van der Waals surface area contributed by atoms with E-state index in [9.17, 15) is 5.21 Å². The van der Waals surface area contributed by atoms with Crippen LogP contribution in [0.1, 0.15) is 0 Å².